The van der Waals surface area contributed by atoms with Crippen LogP contribution in [0.2, 0.25) is 5.28 Å². The van der Waals surface area contributed by atoms with Gasteiger partial charge in [-0.15, -0.1) is 0 Å². The molecule has 0 saturated carbocycles. The minimum Gasteiger partial charge on any atom is -0.357 e. The normalized spacial score (nSPS) is 18.7. The van der Waals surface area contributed by atoms with Crippen LogP contribution >= 0.6 is 11.6 Å². The molecule has 3 aromatic rings. The quantitative estimate of drug-likeness (QED) is 0.674. The summed E-state index contributed by atoms with van der Waals surface area (Å²) in [6.07, 6.45) is 9.01. The Balaban J connectivity index is 1.68. The van der Waals surface area contributed by atoms with Crippen molar-refractivity contribution in [3.63, 3.8) is 0 Å². The van der Waals surface area contributed by atoms with Gasteiger partial charge in [-0.05, 0) is 42.5 Å². The van der Waals surface area contributed by atoms with Gasteiger partial charge in [0.05, 0.1) is 11.7 Å². The summed E-state index contributed by atoms with van der Waals surface area (Å²) in [5.74, 6) is 0. The van der Waals surface area contributed by atoms with Crippen LogP contribution in [0.15, 0.2) is 36.8 Å². The molecule has 0 radical (unpaired) electrons. The fourth-order valence-electron chi connectivity index (χ4n) is 2.76. The monoisotopic (exact) mass is 314 g/mol. The Bertz CT molecular complexity index is 811. The Morgan fingerprint density at radius 1 is 1.18 bits per heavy atom. The molecule has 22 heavy (non-hydrogen) atoms. The fourth-order valence-corrected chi connectivity index (χ4v) is 2.90. The lowest BCUT2D eigenvalue weighted by Gasteiger charge is -2.22. The number of hydrogen-bond donors (Lipinski definition) is 0. The molecule has 3 heterocycles. The maximum Gasteiger partial charge on any atom is 0.222 e. The number of fused-ring (bicyclic) bond motifs is 1. The molecule has 0 bridgehead atoms. The van der Waals surface area contributed by atoms with Gasteiger partial charge in [-0.3, -0.25) is 0 Å². The van der Waals surface area contributed by atoms with Crippen LogP contribution in [0.5, 0.6) is 0 Å². The highest BCUT2D eigenvalue weighted by Crippen LogP contribution is 2.27. The summed E-state index contributed by atoms with van der Waals surface area (Å²) in [5, 5.41) is 5.68. The smallest absolute Gasteiger partial charge is 0.222 e. The number of nitrogens with zero attached hydrogens (tertiary/aromatic N) is 4. The van der Waals surface area contributed by atoms with Gasteiger partial charge in [-0.25, -0.2) is 14.6 Å². The molecule has 1 aliphatic heterocycles. The number of benzene rings is 1. The average Bonchev–Trinajstić information content (AvgIpc) is 3.05. The largest absolute Gasteiger partial charge is 0.357 e. The van der Waals surface area contributed by atoms with Crippen LogP contribution in [-0.4, -0.2) is 26.4 Å². The summed E-state index contributed by atoms with van der Waals surface area (Å²) in [5.41, 5.74) is 2.94. The summed E-state index contributed by atoms with van der Waals surface area (Å²) >= 11 is 5.87. The van der Waals surface area contributed by atoms with Crippen LogP contribution < -0.4 is 0 Å². The maximum atomic E-state index is 5.87. The highest BCUT2D eigenvalue weighted by atomic mass is 35.5. The van der Waals surface area contributed by atoms with E-state index in [-0.39, 0.29) is 11.5 Å². The number of rotatable bonds is 2. The molecule has 1 saturated heterocycles. The molecule has 0 amide bonds. The van der Waals surface area contributed by atoms with Crippen LogP contribution in [0.1, 0.15) is 25.5 Å². The molecule has 4 rings (SSSR count). The lowest BCUT2D eigenvalue weighted by Crippen LogP contribution is -2.18. The van der Waals surface area contributed by atoms with Gasteiger partial charge in [0.25, 0.3) is 0 Å². The molecule has 0 spiro atoms. The maximum absolute atomic E-state index is 5.87. The third-order valence-corrected chi connectivity index (χ3v) is 4.12. The first-order valence-electron chi connectivity index (χ1n) is 7.38. The van der Waals surface area contributed by atoms with Gasteiger partial charge in [-0.1, -0.05) is 12.1 Å². The van der Waals surface area contributed by atoms with Crippen molar-refractivity contribution in [2.75, 3.05) is 6.61 Å². The van der Waals surface area contributed by atoms with E-state index in [0.717, 1.165) is 41.5 Å². The van der Waals surface area contributed by atoms with Crippen molar-refractivity contribution >= 4 is 22.5 Å². The second kappa shape index (κ2) is 5.66. The standard InChI is InChI=1S/C16H15ClN4O/c17-16-18-8-12-5-4-11(7-14(12)20-16)13-9-19-21(10-13)15-3-1-2-6-22-15/h4-5,7-10,15H,1-3,6H2. The number of ether oxygens (including phenoxy) is 1. The molecule has 112 valence electrons. The van der Waals surface area contributed by atoms with Gasteiger partial charge in [0.2, 0.25) is 5.28 Å². The Labute approximate surface area is 132 Å². The van der Waals surface area contributed by atoms with Gasteiger partial charge in [0.15, 0.2) is 0 Å². The molecule has 0 aliphatic carbocycles. The third-order valence-electron chi connectivity index (χ3n) is 3.94. The van der Waals surface area contributed by atoms with E-state index >= 15 is 0 Å². The second-order valence-electron chi connectivity index (χ2n) is 5.44. The molecule has 1 aromatic carbocycles. The van der Waals surface area contributed by atoms with E-state index < -0.39 is 0 Å². The van der Waals surface area contributed by atoms with Gasteiger partial charge >= 0.3 is 0 Å². The van der Waals surface area contributed by atoms with Gasteiger partial charge < -0.3 is 4.74 Å². The summed E-state index contributed by atoms with van der Waals surface area (Å²) in [7, 11) is 0. The van der Waals surface area contributed by atoms with Gasteiger partial charge in [-0.2, -0.15) is 5.10 Å². The molecule has 0 N–H and O–H groups in total. The molecule has 1 aliphatic rings. The molecule has 1 unspecified atom stereocenters. The van der Waals surface area contributed by atoms with Gasteiger partial charge in [0, 0.05) is 30.0 Å². The van der Waals surface area contributed by atoms with Crippen molar-refractivity contribution in [2.45, 2.75) is 25.5 Å². The number of aromatic nitrogens is 4. The predicted octanol–water partition coefficient (Wildman–Crippen LogP) is 3.85. The second-order valence-corrected chi connectivity index (χ2v) is 5.78. The average molecular weight is 315 g/mol. The first-order chi connectivity index (χ1) is 10.8. The number of halogens is 1. The topological polar surface area (TPSA) is 52.8 Å². The lowest BCUT2D eigenvalue weighted by molar-refractivity contribution is -0.0394. The molecule has 5 nitrogen and oxygen atoms in total. The zero-order valence-corrected chi connectivity index (χ0v) is 12.7. The minimum absolute atomic E-state index is 0.0553. The van der Waals surface area contributed by atoms with E-state index in [1.165, 1.54) is 6.42 Å². The van der Waals surface area contributed by atoms with Crippen LogP contribution in [-0.2, 0) is 4.74 Å². The molecule has 6 heteroatoms. The van der Waals surface area contributed by atoms with Crippen LogP contribution in [0.25, 0.3) is 22.0 Å². The van der Waals surface area contributed by atoms with Crippen LogP contribution in [0, 0.1) is 0 Å². The molecule has 1 fully saturated rings. The van der Waals surface area contributed by atoms with E-state index in [1.54, 1.807) is 6.20 Å². The van der Waals surface area contributed by atoms with Gasteiger partial charge in [0.1, 0.15) is 6.23 Å². The first kappa shape index (κ1) is 13.7. The zero-order valence-electron chi connectivity index (χ0n) is 11.9. The van der Waals surface area contributed by atoms with E-state index in [2.05, 4.69) is 15.1 Å². The van der Waals surface area contributed by atoms with Crippen LogP contribution in [0.4, 0.5) is 0 Å². The van der Waals surface area contributed by atoms with E-state index in [4.69, 9.17) is 16.3 Å². The van der Waals surface area contributed by atoms with Crippen molar-refractivity contribution in [1.82, 2.24) is 19.7 Å². The van der Waals surface area contributed by atoms with E-state index in [9.17, 15) is 0 Å². The Hall–Kier alpha value is -1.98. The summed E-state index contributed by atoms with van der Waals surface area (Å²) in [4.78, 5) is 8.26. The highest BCUT2D eigenvalue weighted by Gasteiger charge is 2.16. The van der Waals surface area contributed by atoms with Crippen LogP contribution in [0.3, 0.4) is 0 Å². The minimum atomic E-state index is 0.0553. The summed E-state index contributed by atoms with van der Waals surface area (Å²) in [6, 6.07) is 6.05. The first-order valence-corrected chi connectivity index (χ1v) is 7.76. The predicted molar refractivity (Wildman–Crippen MR) is 84.6 cm³/mol. The molecule has 1 atom stereocenters. The third kappa shape index (κ3) is 2.58. The Morgan fingerprint density at radius 3 is 3.00 bits per heavy atom. The zero-order chi connectivity index (χ0) is 14.9. The van der Waals surface area contributed by atoms with Crippen molar-refractivity contribution in [3.05, 3.63) is 42.1 Å². The fraction of sp³-hybridized carbons (Fsp3) is 0.312. The SMILES string of the molecule is Clc1ncc2ccc(-c3cnn(C4CCCCO4)c3)cc2n1. The van der Waals surface area contributed by atoms with Crippen molar-refractivity contribution in [3.8, 4) is 11.1 Å². The van der Waals surface area contributed by atoms with Crippen molar-refractivity contribution in [2.24, 2.45) is 0 Å². The summed E-state index contributed by atoms with van der Waals surface area (Å²) < 4.78 is 7.67. The van der Waals surface area contributed by atoms with E-state index in [1.807, 2.05) is 35.3 Å². The van der Waals surface area contributed by atoms with Crippen molar-refractivity contribution in [1.29, 1.82) is 0 Å². The summed E-state index contributed by atoms with van der Waals surface area (Å²) in [6.45, 7) is 0.811. The van der Waals surface area contributed by atoms with E-state index in [0.29, 0.717) is 0 Å². The Kier molecular flexibility index (Phi) is 3.52. The highest BCUT2D eigenvalue weighted by molar-refractivity contribution is 6.28. The number of hydrogen-bond acceptors (Lipinski definition) is 4. The lowest BCUT2D eigenvalue weighted by atomic mass is 10.1. The van der Waals surface area contributed by atoms with Crippen molar-refractivity contribution < 1.29 is 4.74 Å². The molecule has 2 aromatic heterocycles. The molecular weight excluding hydrogens is 300 g/mol. The Morgan fingerprint density at radius 2 is 2.14 bits per heavy atom. The molecular formula is C16H15ClN4O.